The molecule has 140 valence electrons. The van der Waals surface area contributed by atoms with E-state index in [-0.39, 0.29) is 11.9 Å². The molecule has 0 aliphatic carbocycles. The maximum atomic E-state index is 12.7. The standard InChI is InChI=1S/C21H23N3O3/c1-14(24-20(26)16-11-7-8-12-17(16)21(24)27)19(25)22-13-18(23(2)3)15-9-5-4-6-10-15/h4-12,14,18H,13H2,1-3H3,(H,22,25)/p+1/t14-,18+/m1/s1. The van der Waals surface area contributed by atoms with Crippen molar-refractivity contribution in [3.8, 4) is 0 Å². The molecule has 2 atom stereocenters. The van der Waals surface area contributed by atoms with Gasteiger partial charge in [-0.25, -0.2) is 0 Å². The van der Waals surface area contributed by atoms with Gasteiger partial charge in [0, 0.05) is 5.56 Å². The third-order valence-corrected chi connectivity index (χ3v) is 4.97. The molecule has 1 aliphatic heterocycles. The average molecular weight is 366 g/mol. The van der Waals surface area contributed by atoms with Gasteiger partial charge in [0.15, 0.2) is 0 Å². The van der Waals surface area contributed by atoms with Crippen LogP contribution in [0.4, 0.5) is 0 Å². The molecule has 3 amide bonds. The highest BCUT2D eigenvalue weighted by Gasteiger charge is 2.40. The molecule has 2 N–H and O–H groups in total. The molecular weight excluding hydrogens is 342 g/mol. The average Bonchev–Trinajstić information content (AvgIpc) is 2.93. The summed E-state index contributed by atoms with van der Waals surface area (Å²) in [5.41, 5.74) is 1.82. The van der Waals surface area contributed by atoms with E-state index in [1.807, 2.05) is 44.4 Å². The van der Waals surface area contributed by atoms with Crippen LogP contribution < -0.4 is 10.2 Å². The summed E-state index contributed by atoms with van der Waals surface area (Å²) in [6, 6.07) is 15.8. The summed E-state index contributed by atoms with van der Waals surface area (Å²) in [4.78, 5) is 40.0. The van der Waals surface area contributed by atoms with Crippen molar-refractivity contribution in [3.63, 3.8) is 0 Å². The second kappa shape index (κ2) is 7.72. The van der Waals surface area contributed by atoms with E-state index in [1.54, 1.807) is 31.2 Å². The normalized spacial score (nSPS) is 15.6. The molecule has 0 fully saturated rings. The Bertz CT molecular complexity index is 829. The van der Waals surface area contributed by atoms with Gasteiger partial charge >= 0.3 is 0 Å². The van der Waals surface area contributed by atoms with Crippen LogP contribution in [0.15, 0.2) is 54.6 Å². The number of carbonyl (C=O) groups excluding carboxylic acids is 3. The number of amides is 3. The van der Waals surface area contributed by atoms with Crippen molar-refractivity contribution in [1.29, 1.82) is 0 Å². The highest BCUT2D eigenvalue weighted by atomic mass is 16.2. The molecule has 0 saturated heterocycles. The Labute approximate surface area is 158 Å². The fraction of sp³-hybridized carbons (Fsp3) is 0.286. The predicted molar refractivity (Wildman–Crippen MR) is 101 cm³/mol. The number of hydrogen-bond acceptors (Lipinski definition) is 3. The van der Waals surface area contributed by atoms with Gasteiger partial charge in [-0.1, -0.05) is 42.5 Å². The molecular formula is C21H24N3O3+. The number of likely N-dealkylation sites (N-methyl/N-ethyl adjacent to an activating group) is 1. The number of imide groups is 1. The number of carbonyl (C=O) groups is 3. The molecule has 2 aromatic carbocycles. The monoisotopic (exact) mass is 366 g/mol. The first kappa shape index (κ1) is 18.8. The van der Waals surface area contributed by atoms with Crippen LogP contribution in [-0.4, -0.2) is 49.3 Å². The zero-order valence-electron chi connectivity index (χ0n) is 15.7. The molecule has 0 unspecified atom stereocenters. The van der Waals surface area contributed by atoms with Crippen molar-refractivity contribution in [2.24, 2.45) is 0 Å². The fourth-order valence-corrected chi connectivity index (χ4v) is 3.37. The Hall–Kier alpha value is -2.99. The van der Waals surface area contributed by atoms with E-state index in [1.165, 1.54) is 4.90 Å². The van der Waals surface area contributed by atoms with Crippen molar-refractivity contribution < 1.29 is 19.3 Å². The Morgan fingerprint density at radius 2 is 1.48 bits per heavy atom. The second-order valence-corrected chi connectivity index (χ2v) is 6.99. The van der Waals surface area contributed by atoms with Crippen molar-refractivity contribution in [3.05, 3.63) is 71.3 Å². The summed E-state index contributed by atoms with van der Waals surface area (Å²) < 4.78 is 0. The van der Waals surface area contributed by atoms with Crippen molar-refractivity contribution >= 4 is 17.7 Å². The third-order valence-electron chi connectivity index (χ3n) is 4.97. The summed E-state index contributed by atoms with van der Waals surface area (Å²) >= 11 is 0. The number of benzene rings is 2. The topological polar surface area (TPSA) is 70.9 Å². The van der Waals surface area contributed by atoms with E-state index in [4.69, 9.17) is 0 Å². The lowest BCUT2D eigenvalue weighted by Crippen LogP contribution is -3.07. The van der Waals surface area contributed by atoms with Crippen molar-refractivity contribution in [2.75, 3.05) is 20.6 Å². The molecule has 0 aromatic heterocycles. The minimum absolute atomic E-state index is 0.0736. The van der Waals surface area contributed by atoms with Crippen molar-refractivity contribution in [2.45, 2.75) is 19.0 Å². The van der Waals surface area contributed by atoms with Crippen LogP contribution in [0.3, 0.4) is 0 Å². The van der Waals surface area contributed by atoms with E-state index in [0.717, 1.165) is 10.5 Å². The lowest BCUT2D eigenvalue weighted by molar-refractivity contribution is -0.890. The zero-order chi connectivity index (χ0) is 19.6. The van der Waals surface area contributed by atoms with Crippen LogP contribution in [0, 0.1) is 0 Å². The summed E-state index contributed by atoms with van der Waals surface area (Å²) in [6.07, 6.45) is 0. The van der Waals surface area contributed by atoms with Gasteiger partial charge in [0.25, 0.3) is 11.8 Å². The van der Waals surface area contributed by atoms with Crippen LogP contribution >= 0.6 is 0 Å². The maximum Gasteiger partial charge on any atom is 0.262 e. The quantitative estimate of drug-likeness (QED) is 0.739. The molecule has 0 radical (unpaired) electrons. The SMILES string of the molecule is C[C@H](C(=O)NC[C@@H](c1ccccc1)[NH+](C)C)N1C(=O)c2ccccc2C1=O. The van der Waals surface area contributed by atoms with Gasteiger partial charge < -0.3 is 10.2 Å². The lowest BCUT2D eigenvalue weighted by Gasteiger charge is -2.25. The molecule has 6 nitrogen and oxygen atoms in total. The van der Waals surface area contributed by atoms with Crippen LogP contribution in [0.25, 0.3) is 0 Å². The van der Waals surface area contributed by atoms with Crippen LogP contribution in [0.1, 0.15) is 39.2 Å². The second-order valence-electron chi connectivity index (χ2n) is 6.99. The van der Waals surface area contributed by atoms with Gasteiger partial charge in [-0.05, 0) is 19.1 Å². The largest absolute Gasteiger partial charge is 0.348 e. The predicted octanol–water partition coefficient (Wildman–Crippen LogP) is 0.673. The van der Waals surface area contributed by atoms with E-state index in [0.29, 0.717) is 17.7 Å². The van der Waals surface area contributed by atoms with Gasteiger partial charge in [0.1, 0.15) is 12.1 Å². The summed E-state index contributed by atoms with van der Waals surface area (Å²) in [5, 5.41) is 2.90. The van der Waals surface area contributed by atoms with Gasteiger partial charge in [-0.3, -0.25) is 19.3 Å². The number of nitrogens with one attached hydrogen (secondary N) is 2. The summed E-state index contributed by atoms with van der Waals surface area (Å²) in [7, 11) is 4.05. The summed E-state index contributed by atoms with van der Waals surface area (Å²) in [5.74, 6) is -1.18. The highest BCUT2D eigenvalue weighted by Crippen LogP contribution is 2.24. The van der Waals surface area contributed by atoms with Gasteiger partial charge in [-0.15, -0.1) is 0 Å². The number of rotatable bonds is 6. The molecule has 6 heteroatoms. The Morgan fingerprint density at radius 3 is 2.00 bits per heavy atom. The zero-order valence-corrected chi connectivity index (χ0v) is 15.7. The van der Waals surface area contributed by atoms with Gasteiger partial charge in [0.05, 0.1) is 31.8 Å². The van der Waals surface area contributed by atoms with Crippen LogP contribution in [0.2, 0.25) is 0 Å². The molecule has 27 heavy (non-hydrogen) atoms. The van der Waals surface area contributed by atoms with Crippen LogP contribution in [0.5, 0.6) is 0 Å². The lowest BCUT2D eigenvalue weighted by atomic mass is 10.1. The van der Waals surface area contributed by atoms with E-state index in [9.17, 15) is 14.4 Å². The van der Waals surface area contributed by atoms with Crippen LogP contribution in [-0.2, 0) is 4.79 Å². The first-order valence-electron chi connectivity index (χ1n) is 9.01. The summed E-state index contributed by atoms with van der Waals surface area (Å²) in [6.45, 7) is 2.00. The number of nitrogens with zero attached hydrogens (tertiary/aromatic N) is 1. The van der Waals surface area contributed by atoms with E-state index < -0.39 is 17.9 Å². The fourth-order valence-electron chi connectivity index (χ4n) is 3.37. The highest BCUT2D eigenvalue weighted by molar-refractivity contribution is 6.22. The smallest absolute Gasteiger partial charge is 0.262 e. The number of fused-ring (bicyclic) bond motifs is 1. The third kappa shape index (κ3) is 3.61. The van der Waals surface area contributed by atoms with E-state index >= 15 is 0 Å². The molecule has 1 aliphatic rings. The Balaban J connectivity index is 1.69. The molecule has 3 rings (SSSR count). The first-order valence-corrected chi connectivity index (χ1v) is 9.01. The van der Waals surface area contributed by atoms with Gasteiger partial charge in [-0.2, -0.15) is 0 Å². The molecule has 0 spiro atoms. The Morgan fingerprint density at radius 1 is 0.963 bits per heavy atom. The maximum absolute atomic E-state index is 12.7. The number of hydrogen-bond donors (Lipinski definition) is 2. The number of quaternary nitrogens is 1. The molecule has 0 bridgehead atoms. The minimum Gasteiger partial charge on any atom is -0.348 e. The van der Waals surface area contributed by atoms with E-state index in [2.05, 4.69) is 5.32 Å². The molecule has 1 heterocycles. The Kier molecular flexibility index (Phi) is 5.37. The molecule has 2 aromatic rings. The first-order chi connectivity index (χ1) is 12.9. The van der Waals surface area contributed by atoms with Gasteiger partial charge in [0.2, 0.25) is 5.91 Å². The molecule has 0 saturated carbocycles. The van der Waals surface area contributed by atoms with Crippen molar-refractivity contribution in [1.82, 2.24) is 10.2 Å². The minimum atomic E-state index is -0.869.